The van der Waals surface area contributed by atoms with Crippen LogP contribution in [-0.4, -0.2) is 27.9 Å². The van der Waals surface area contributed by atoms with Crippen LogP contribution in [0.5, 0.6) is 0 Å². The molecule has 148 valence electrons. The molecule has 0 saturated carbocycles. The van der Waals surface area contributed by atoms with E-state index in [1.807, 2.05) is 50.2 Å². The summed E-state index contributed by atoms with van der Waals surface area (Å²) in [6.45, 7) is 4.05. The van der Waals surface area contributed by atoms with Crippen molar-refractivity contribution in [1.82, 2.24) is 10.0 Å². The third-order valence-corrected chi connectivity index (χ3v) is 5.81. The lowest BCUT2D eigenvalue weighted by Crippen LogP contribution is -2.30. The summed E-state index contributed by atoms with van der Waals surface area (Å²) in [5, 5.41) is 11.4. The number of carbonyl (C=O) groups excluding carboxylic acids is 1. The van der Waals surface area contributed by atoms with Gasteiger partial charge >= 0.3 is 0 Å². The molecule has 1 amide bonds. The van der Waals surface area contributed by atoms with Crippen LogP contribution in [0.25, 0.3) is 11.1 Å². The van der Waals surface area contributed by atoms with Crippen molar-refractivity contribution in [1.29, 1.82) is 5.26 Å². The molecule has 6 nitrogen and oxygen atoms in total. The normalized spacial score (nSPS) is 12.4. The fourth-order valence-electron chi connectivity index (χ4n) is 3.01. The van der Waals surface area contributed by atoms with Gasteiger partial charge in [-0.3, -0.25) is 4.79 Å². The van der Waals surface area contributed by atoms with Gasteiger partial charge < -0.3 is 5.32 Å². The summed E-state index contributed by atoms with van der Waals surface area (Å²) in [6.07, 6.45) is 0.648. The average molecular weight is 400 g/mol. The molecule has 0 radical (unpaired) electrons. The van der Waals surface area contributed by atoms with Gasteiger partial charge in [-0.15, -0.1) is 0 Å². The number of nitrogens with one attached hydrogen (secondary N) is 2. The molecule has 7 heteroatoms. The summed E-state index contributed by atoms with van der Waals surface area (Å²) >= 11 is 0. The van der Waals surface area contributed by atoms with Crippen molar-refractivity contribution >= 4 is 15.9 Å². The van der Waals surface area contributed by atoms with E-state index in [4.69, 9.17) is 5.26 Å². The van der Waals surface area contributed by atoms with Crippen molar-refractivity contribution in [3.05, 3.63) is 54.1 Å². The third-order valence-electron chi connectivity index (χ3n) is 4.40. The first-order chi connectivity index (χ1) is 13.3. The Labute approximate surface area is 166 Å². The van der Waals surface area contributed by atoms with Crippen LogP contribution in [0.3, 0.4) is 0 Å². The minimum atomic E-state index is -3.54. The monoisotopic (exact) mass is 399 g/mol. The minimum Gasteiger partial charge on any atom is -0.342 e. The van der Waals surface area contributed by atoms with Crippen molar-refractivity contribution in [2.75, 3.05) is 13.6 Å². The second-order valence-electron chi connectivity index (χ2n) is 6.92. The van der Waals surface area contributed by atoms with E-state index in [2.05, 4.69) is 10.0 Å². The molecule has 28 heavy (non-hydrogen) atoms. The van der Waals surface area contributed by atoms with Crippen molar-refractivity contribution in [3.8, 4) is 17.2 Å². The van der Waals surface area contributed by atoms with E-state index >= 15 is 0 Å². The quantitative estimate of drug-likeness (QED) is 0.667. The summed E-state index contributed by atoms with van der Waals surface area (Å²) in [5.74, 6) is -0.262. The molecule has 1 atom stereocenters. The van der Waals surface area contributed by atoms with E-state index in [0.29, 0.717) is 12.3 Å². The van der Waals surface area contributed by atoms with E-state index < -0.39 is 10.0 Å². The molecule has 0 aliphatic carbocycles. The zero-order valence-corrected chi connectivity index (χ0v) is 17.1. The number of carbonyl (C=O) groups is 1. The molecular weight excluding hydrogens is 374 g/mol. The van der Waals surface area contributed by atoms with Gasteiger partial charge in [0.2, 0.25) is 15.9 Å². The van der Waals surface area contributed by atoms with Gasteiger partial charge in [0.15, 0.2) is 0 Å². The number of amides is 1. The van der Waals surface area contributed by atoms with Crippen LogP contribution in [0.2, 0.25) is 0 Å². The van der Waals surface area contributed by atoms with Gasteiger partial charge in [0.25, 0.3) is 0 Å². The van der Waals surface area contributed by atoms with Crippen LogP contribution in [0, 0.1) is 17.2 Å². The van der Waals surface area contributed by atoms with Gasteiger partial charge in [0.05, 0.1) is 16.9 Å². The SMILES string of the molecule is CNS(=O)(=O)c1cccc(-c2cccc(C(CC(C)C)C(=O)NCC#N)c2)c1. The first-order valence-corrected chi connectivity index (χ1v) is 10.6. The van der Waals surface area contributed by atoms with Crippen LogP contribution < -0.4 is 10.0 Å². The molecule has 0 aromatic heterocycles. The Morgan fingerprint density at radius 1 is 1.11 bits per heavy atom. The first kappa shape index (κ1) is 21.6. The Morgan fingerprint density at radius 2 is 1.75 bits per heavy atom. The fourth-order valence-corrected chi connectivity index (χ4v) is 3.79. The number of rotatable bonds is 8. The lowest BCUT2D eigenvalue weighted by atomic mass is 9.88. The second-order valence-corrected chi connectivity index (χ2v) is 8.81. The number of hydrogen-bond acceptors (Lipinski definition) is 4. The van der Waals surface area contributed by atoms with Crippen LogP contribution in [0.1, 0.15) is 31.7 Å². The maximum Gasteiger partial charge on any atom is 0.240 e. The van der Waals surface area contributed by atoms with Gasteiger partial charge in [0.1, 0.15) is 6.54 Å². The number of sulfonamides is 1. The van der Waals surface area contributed by atoms with E-state index in [0.717, 1.165) is 16.7 Å². The highest BCUT2D eigenvalue weighted by Gasteiger charge is 2.22. The molecule has 2 aromatic carbocycles. The Morgan fingerprint density at radius 3 is 2.36 bits per heavy atom. The number of benzene rings is 2. The van der Waals surface area contributed by atoms with E-state index in [1.165, 1.54) is 13.1 Å². The standard InChI is InChI=1S/C21H25N3O3S/c1-15(2)12-20(21(25)24-11-10-22)18-8-4-6-16(13-18)17-7-5-9-19(14-17)28(26,27)23-3/h4-9,13-15,20,23H,11-12H2,1-3H3,(H,24,25). The molecule has 2 N–H and O–H groups in total. The lowest BCUT2D eigenvalue weighted by Gasteiger charge is -2.19. The Kier molecular flexibility index (Phi) is 7.32. The molecule has 0 aliphatic rings. The Balaban J connectivity index is 2.43. The number of hydrogen-bond donors (Lipinski definition) is 2. The fraction of sp³-hybridized carbons (Fsp3) is 0.333. The molecule has 1 unspecified atom stereocenters. The van der Waals surface area contributed by atoms with Crippen molar-refractivity contribution < 1.29 is 13.2 Å². The smallest absolute Gasteiger partial charge is 0.240 e. The topological polar surface area (TPSA) is 99.1 Å². The van der Waals surface area contributed by atoms with Gasteiger partial charge in [-0.1, -0.05) is 50.2 Å². The van der Waals surface area contributed by atoms with Crippen LogP contribution in [0.4, 0.5) is 0 Å². The molecule has 0 spiro atoms. The molecule has 0 heterocycles. The highest BCUT2D eigenvalue weighted by Crippen LogP contribution is 2.29. The maximum atomic E-state index is 12.6. The van der Waals surface area contributed by atoms with Crippen LogP contribution in [0.15, 0.2) is 53.4 Å². The summed E-state index contributed by atoms with van der Waals surface area (Å²) in [6, 6.07) is 16.1. The molecule has 0 fully saturated rings. The van der Waals surface area contributed by atoms with Gasteiger partial charge in [-0.2, -0.15) is 5.26 Å². The molecular formula is C21H25N3O3S. The zero-order chi connectivity index (χ0) is 20.7. The summed E-state index contributed by atoms with van der Waals surface area (Å²) in [5.41, 5.74) is 2.41. The third kappa shape index (κ3) is 5.41. The van der Waals surface area contributed by atoms with Crippen molar-refractivity contribution in [2.24, 2.45) is 5.92 Å². The predicted molar refractivity (Wildman–Crippen MR) is 109 cm³/mol. The lowest BCUT2D eigenvalue weighted by molar-refractivity contribution is -0.122. The van der Waals surface area contributed by atoms with Crippen molar-refractivity contribution in [2.45, 2.75) is 31.1 Å². The molecule has 0 bridgehead atoms. The number of nitrogens with zero attached hydrogens (tertiary/aromatic N) is 1. The average Bonchev–Trinajstić information content (AvgIpc) is 2.70. The largest absolute Gasteiger partial charge is 0.342 e. The van der Waals surface area contributed by atoms with Gasteiger partial charge in [-0.05, 0) is 48.2 Å². The van der Waals surface area contributed by atoms with Gasteiger partial charge in [0, 0.05) is 0 Å². The molecule has 0 aliphatic heterocycles. The highest BCUT2D eigenvalue weighted by atomic mass is 32.2. The van der Waals surface area contributed by atoms with E-state index in [-0.39, 0.29) is 23.3 Å². The summed E-state index contributed by atoms with van der Waals surface area (Å²) in [7, 11) is -2.17. The minimum absolute atomic E-state index is 0.0307. The Hall–Kier alpha value is -2.69. The van der Waals surface area contributed by atoms with E-state index in [1.54, 1.807) is 12.1 Å². The van der Waals surface area contributed by atoms with E-state index in [9.17, 15) is 13.2 Å². The zero-order valence-electron chi connectivity index (χ0n) is 16.3. The number of nitriles is 1. The molecule has 0 saturated heterocycles. The second kappa shape index (κ2) is 9.49. The van der Waals surface area contributed by atoms with Gasteiger partial charge in [-0.25, -0.2) is 13.1 Å². The predicted octanol–water partition coefficient (Wildman–Crippen LogP) is 3.03. The maximum absolute atomic E-state index is 12.6. The first-order valence-electron chi connectivity index (χ1n) is 9.07. The van der Waals surface area contributed by atoms with Crippen LogP contribution in [-0.2, 0) is 14.8 Å². The summed E-state index contributed by atoms with van der Waals surface area (Å²) in [4.78, 5) is 12.7. The van der Waals surface area contributed by atoms with Crippen molar-refractivity contribution in [3.63, 3.8) is 0 Å². The summed E-state index contributed by atoms with van der Waals surface area (Å²) < 4.78 is 26.5. The molecule has 2 aromatic rings. The molecule has 2 rings (SSSR count). The van der Waals surface area contributed by atoms with Crippen LogP contribution >= 0.6 is 0 Å². The Bertz CT molecular complexity index is 978. The highest BCUT2D eigenvalue weighted by molar-refractivity contribution is 7.89.